The van der Waals surface area contributed by atoms with Crippen molar-refractivity contribution < 1.29 is 9.90 Å². The summed E-state index contributed by atoms with van der Waals surface area (Å²) in [4.78, 5) is 15.4. The van der Waals surface area contributed by atoms with E-state index < -0.39 is 5.97 Å². The average Bonchev–Trinajstić information content (AvgIpc) is 2.13. The Labute approximate surface area is 91.9 Å². The summed E-state index contributed by atoms with van der Waals surface area (Å²) in [5.41, 5.74) is 0. The minimum absolute atomic E-state index is 0.276. The van der Waals surface area contributed by atoms with Gasteiger partial charge in [-0.2, -0.15) is 0 Å². The van der Waals surface area contributed by atoms with Gasteiger partial charge in [0.25, 0.3) is 0 Å². The third kappa shape index (κ3) is 3.47. The molecule has 2 unspecified atom stereocenters. The lowest BCUT2D eigenvalue weighted by atomic mass is 9.91. The predicted molar refractivity (Wildman–Crippen MR) is 59.9 cm³/mol. The highest BCUT2D eigenvalue weighted by atomic mass is 16.4. The molecule has 0 aromatic carbocycles. The minimum atomic E-state index is -0.666. The lowest BCUT2D eigenvalue weighted by Crippen LogP contribution is -2.50. The summed E-state index contributed by atoms with van der Waals surface area (Å²) in [6.45, 7) is 4.75. The number of carboxylic acids is 1. The standard InChI is InChI=1S/C11H22N2O2/c1-9-5-4-6-13(8-7-12(2)3)10(9)11(14)15/h9-10H,4-8H2,1-3H3,(H,14,15). The third-order valence-electron chi connectivity index (χ3n) is 3.12. The van der Waals surface area contributed by atoms with E-state index in [1.165, 1.54) is 0 Å². The summed E-state index contributed by atoms with van der Waals surface area (Å²) in [6.07, 6.45) is 2.16. The lowest BCUT2D eigenvalue weighted by molar-refractivity contribution is -0.146. The topological polar surface area (TPSA) is 43.8 Å². The number of rotatable bonds is 4. The van der Waals surface area contributed by atoms with Crippen molar-refractivity contribution in [3.63, 3.8) is 0 Å². The van der Waals surface area contributed by atoms with Crippen molar-refractivity contribution in [2.24, 2.45) is 5.92 Å². The summed E-state index contributed by atoms with van der Waals surface area (Å²) in [5.74, 6) is -0.389. The zero-order valence-electron chi connectivity index (χ0n) is 9.94. The van der Waals surface area contributed by atoms with Gasteiger partial charge in [-0.1, -0.05) is 6.92 Å². The number of hydrogen-bond donors (Lipinski definition) is 1. The summed E-state index contributed by atoms with van der Waals surface area (Å²) < 4.78 is 0. The van der Waals surface area contributed by atoms with Crippen molar-refractivity contribution in [1.82, 2.24) is 9.80 Å². The maximum Gasteiger partial charge on any atom is 0.321 e. The van der Waals surface area contributed by atoms with Gasteiger partial charge in [0.1, 0.15) is 6.04 Å². The van der Waals surface area contributed by atoms with Crippen molar-refractivity contribution in [2.75, 3.05) is 33.7 Å². The predicted octanol–water partition coefficient (Wildman–Crippen LogP) is 0.733. The first-order valence-corrected chi connectivity index (χ1v) is 5.64. The van der Waals surface area contributed by atoms with Crippen molar-refractivity contribution in [3.05, 3.63) is 0 Å². The van der Waals surface area contributed by atoms with Gasteiger partial charge in [0.05, 0.1) is 0 Å². The van der Waals surface area contributed by atoms with Crippen molar-refractivity contribution in [3.8, 4) is 0 Å². The van der Waals surface area contributed by atoms with E-state index in [0.717, 1.165) is 32.5 Å². The Bertz CT molecular complexity index is 219. The Hall–Kier alpha value is -0.610. The molecule has 0 radical (unpaired) electrons. The highest BCUT2D eigenvalue weighted by molar-refractivity contribution is 5.74. The molecule has 1 N–H and O–H groups in total. The third-order valence-corrected chi connectivity index (χ3v) is 3.12. The highest BCUT2D eigenvalue weighted by Crippen LogP contribution is 2.23. The SMILES string of the molecule is CC1CCCN(CCN(C)C)C1C(=O)O. The number of likely N-dealkylation sites (N-methyl/N-ethyl adjacent to an activating group) is 1. The maximum atomic E-state index is 11.2. The fourth-order valence-corrected chi connectivity index (χ4v) is 2.25. The van der Waals surface area contributed by atoms with Crippen LogP contribution in [0.15, 0.2) is 0 Å². The Morgan fingerprint density at radius 2 is 2.20 bits per heavy atom. The Morgan fingerprint density at radius 3 is 2.73 bits per heavy atom. The molecule has 0 saturated carbocycles. The summed E-state index contributed by atoms with van der Waals surface area (Å²) in [5, 5.41) is 9.19. The summed E-state index contributed by atoms with van der Waals surface area (Å²) >= 11 is 0. The average molecular weight is 214 g/mol. The number of piperidine rings is 1. The van der Waals surface area contributed by atoms with Gasteiger partial charge in [0, 0.05) is 13.1 Å². The molecule has 1 saturated heterocycles. The van der Waals surface area contributed by atoms with Crippen molar-refractivity contribution in [1.29, 1.82) is 0 Å². The molecule has 88 valence electrons. The molecule has 0 aromatic rings. The van der Waals surface area contributed by atoms with Gasteiger partial charge >= 0.3 is 5.97 Å². The molecule has 4 nitrogen and oxygen atoms in total. The van der Waals surface area contributed by atoms with E-state index >= 15 is 0 Å². The van der Waals surface area contributed by atoms with Gasteiger partial charge in [0.15, 0.2) is 0 Å². The molecule has 1 rings (SSSR count). The molecule has 0 aliphatic carbocycles. The molecular formula is C11H22N2O2. The van der Waals surface area contributed by atoms with E-state index in [1.807, 2.05) is 21.0 Å². The van der Waals surface area contributed by atoms with Crippen LogP contribution in [0.1, 0.15) is 19.8 Å². The van der Waals surface area contributed by atoms with Crippen LogP contribution in [-0.2, 0) is 4.79 Å². The number of likely N-dealkylation sites (tertiary alicyclic amines) is 1. The smallest absolute Gasteiger partial charge is 0.321 e. The molecular weight excluding hydrogens is 192 g/mol. The van der Waals surface area contributed by atoms with Crippen LogP contribution in [0.25, 0.3) is 0 Å². The maximum absolute atomic E-state index is 11.2. The van der Waals surface area contributed by atoms with E-state index in [1.54, 1.807) is 0 Å². The fourth-order valence-electron chi connectivity index (χ4n) is 2.25. The minimum Gasteiger partial charge on any atom is -0.480 e. The second-order valence-electron chi connectivity index (χ2n) is 4.74. The molecule has 0 aromatic heterocycles. The molecule has 2 atom stereocenters. The van der Waals surface area contributed by atoms with Crippen LogP contribution in [0.2, 0.25) is 0 Å². The molecule has 1 fully saturated rings. The van der Waals surface area contributed by atoms with E-state index in [-0.39, 0.29) is 12.0 Å². The van der Waals surface area contributed by atoms with Crippen LogP contribution in [0, 0.1) is 5.92 Å². The number of hydrogen-bond acceptors (Lipinski definition) is 3. The number of carbonyl (C=O) groups is 1. The molecule has 15 heavy (non-hydrogen) atoms. The Balaban J connectivity index is 2.54. The van der Waals surface area contributed by atoms with Crippen molar-refractivity contribution in [2.45, 2.75) is 25.8 Å². The quantitative estimate of drug-likeness (QED) is 0.749. The van der Waals surface area contributed by atoms with Crippen LogP contribution >= 0.6 is 0 Å². The van der Waals surface area contributed by atoms with Gasteiger partial charge < -0.3 is 10.0 Å². The monoisotopic (exact) mass is 214 g/mol. The van der Waals surface area contributed by atoms with Gasteiger partial charge in [-0.25, -0.2) is 0 Å². The van der Waals surface area contributed by atoms with Crippen LogP contribution in [-0.4, -0.2) is 60.6 Å². The van der Waals surface area contributed by atoms with E-state index in [9.17, 15) is 9.90 Å². The number of aliphatic carboxylic acids is 1. The molecule has 0 bridgehead atoms. The van der Waals surface area contributed by atoms with E-state index in [4.69, 9.17) is 0 Å². The first-order valence-electron chi connectivity index (χ1n) is 5.64. The van der Waals surface area contributed by atoms with Gasteiger partial charge in [0.2, 0.25) is 0 Å². The first-order chi connectivity index (χ1) is 7.02. The molecule has 1 heterocycles. The number of nitrogens with zero attached hydrogens (tertiary/aromatic N) is 2. The summed E-state index contributed by atoms with van der Waals surface area (Å²) in [7, 11) is 4.03. The molecule has 1 aliphatic heterocycles. The van der Waals surface area contributed by atoms with Gasteiger partial charge in [-0.3, -0.25) is 9.69 Å². The lowest BCUT2D eigenvalue weighted by Gasteiger charge is -2.37. The Kier molecular flexibility index (Phi) is 4.54. The molecule has 0 amide bonds. The molecule has 0 spiro atoms. The highest BCUT2D eigenvalue weighted by Gasteiger charge is 2.33. The second kappa shape index (κ2) is 5.47. The van der Waals surface area contributed by atoms with E-state index in [0.29, 0.717) is 0 Å². The van der Waals surface area contributed by atoms with E-state index in [2.05, 4.69) is 9.80 Å². The zero-order chi connectivity index (χ0) is 11.4. The van der Waals surface area contributed by atoms with Crippen LogP contribution in [0.4, 0.5) is 0 Å². The van der Waals surface area contributed by atoms with Crippen LogP contribution in [0.3, 0.4) is 0 Å². The van der Waals surface area contributed by atoms with Gasteiger partial charge in [-0.05, 0) is 39.4 Å². The molecule has 4 heteroatoms. The zero-order valence-corrected chi connectivity index (χ0v) is 9.94. The largest absolute Gasteiger partial charge is 0.480 e. The number of carboxylic acid groups (broad SMARTS) is 1. The van der Waals surface area contributed by atoms with Crippen LogP contribution in [0.5, 0.6) is 0 Å². The fraction of sp³-hybridized carbons (Fsp3) is 0.909. The van der Waals surface area contributed by atoms with Gasteiger partial charge in [-0.15, -0.1) is 0 Å². The molecule has 1 aliphatic rings. The first kappa shape index (κ1) is 12.5. The summed E-state index contributed by atoms with van der Waals surface area (Å²) in [6, 6.07) is -0.279. The second-order valence-corrected chi connectivity index (χ2v) is 4.74. The van der Waals surface area contributed by atoms with Crippen molar-refractivity contribution >= 4 is 5.97 Å². The normalized spacial score (nSPS) is 28.3. The Morgan fingerprint density at radius 1 is 1.53 bits per heavy atom. The van der Waals surface area contributed by atoms with Crippen LogP contribution < -0.4 is 0 Å².